The van der Waals surface area contributed by atoms with Crippen molar-refractivity contribution in [2.24, 2.45) is 5.10 Å². The van der Waals surface area contributed by atoms with Crippen molar-refractivity contribution >= 4 is 18.0 Å². The van der Waals surface area contributed by atoms with Gasteiger partial charge >= 0.3 is 0 Å². The number of amides is 1. The molecule has 1 aromatic heterocycles. The molecule has 1 saturated heterocycles. The van der Waals surface area contributed by atoms with E-state index in [-0.39, 0.29) is 12.5 Å². The number of para-hydroxylation sites is 1. The molecule has 0 spiro atoms. The van der Waals surface area contributed by atoms with Gasteiger partial charge in [-0.1, -0.05) is 31.0 Å². The third-order valence-electron chi connectivity index (χ3n) is 4.36. The van der Waals surface area contributed by atoms with Gasteiger partial charge in [-0.2, -0.15) is 5.10 Å². The molecule has 3 rings (SSSR count). The molecule has 2 aromatic rings. The van der Waals surface area contributed by atoms with Crippen LogP contribution in [0.1, 0.15) is 37.0 Å². The molecule has 0 atom stereocenters. The molecule has 1 N–H and O–H groups in total. The van der Waals surface area contributed by atoms with Crippen molar-refractivity contribution in [3.63, 3.8) is 0 Å². The number of hydrogen-bond acceptors (Lipinski definition) is 5. The molecule has 0 unspecified atom stereocenters. The molecule has 0 aliphatic carbocycles. The molecule has 1 aliphatic heterocycles. The lowest BCUT2D eigenvalue weighted by molar-refractivity contribution is -0.123. The minimum absolute atomic E-state index is 0.0840. The number of anilines is 1. The molecule has 2 heterocycles. The van der Waals surface area contributed by atoms with Crippen LogP contribution in [-0.4, -0.2) is 31.8 Å². The molecule has 26 heavy (non-hydrogen) atoms. The van der Waals surface area contributed by atoms with Gasteiger partial charge in [0.25, 0.3) is 5.91 Å². The summed E-state index contributed by atoms with van der Waals surface area (Å²) in [6.07, 6.45) is 6.46. The zero-order valence-electron chi connectivity index (χ0n) is 15.1. The monoisotopic (exact) mass is 355 g/mol. The molecule has 0 saturated carbocycles. The Labute approximate surface area is 153 Å². The molecule has 1 aromatic carbocycles. The highest BCUT2D eigenvalue weighted by atomic mass is 16.5. The first-order valence-corrected chi connectivity index (χ1v) is 9.07. The van der Waals surface area contributed by atoms with E-state index in [1.54, 1.807) is 0 Å². The minimum atomic E-state index is -0.316. The van der Waals surface area contributed by atoms with Crippen LogP contribution in [0.4, 0.5) is 5.88 Å². The number of ether oxygens (including phenoxy) is 1. The van der Waals surface area contributed by atoms with Gasteiger partial charge < -0.3 is 14.1 Å². The van der Waals surface area contributed by atoms with Crippen LogP contribution in [0.5, 0.6) is 5.75 Å². The second kappa shape index (κ2) is 9.08. The Morgan fingerprint density at radius 3 is 2.73 bits per heavy atom. The number of hydrazone groups is 1. The van der Waals surface area contributed by atoms with E-state index in [1.807, 2.05) is 43.3 Å². The van der Waals surface area contributed by atoms with Crippen LogP contribution in [0.3, 0.4) is 0 Å². The fraction of sp³-hybridized carbons (Fsp3) is 0.400. The Hall–Kier alpha value is -2.76. The molecule has 1 fully saturated rings. The number of benzene rings is 1. The summed E-state index contributed by atoms with van der Waals surface area (Å²) in [5, 5.41) is 3.94. The van der Waals surface area contributed by atoms with Crippen molar-refractivity contribution in [1.29, 1.82) is 0 Å². The molecular formula is C20H25N3O3. The third-order valence-corrected chi connectivity index (χ3v) is 4.36. The van der Waals surface area contributed by atoms with Crippen molar-refractivity contribution < 1.29 is 13.9 Å². The summed E-state index contributed by atoms with van der Waals surface area (Å²) < 4.78 is 11.3. The molecule has 1 amide bonds. The van der Waals surface area contributed by atoms with Crippen LogP contribution in [-0.2, 0) is 4.79 Å². The van der Waals surface area contributed by atoms with Crippen LogP contribution in [0.15, 0.2) is 45.9 Å². The summed E-state index contributed by atoms with van der Waals surface area (Å²) in [6, 6.07) is 11.4. The Morgan fingerprint density at radius 1 is 1.19 bits per heavy atom. The van der Waals surface area contributed by atoms with Crippen LogP contribution in [0.25, 0.3) is 0 Å². The van der Waals surface area contributed by atoms with Gasteiger partial charge in [0.15, 0.2) is 12.5 Å². The highest BCUT2D eigenvalue weighted by Gasteiger charge is 2.13. The van der Waals surface area contributed by atoms with Crippen LogP contribution in [0.2, 0.25) is 0 Å². The second-order valence-corrected chi connectivity index (χ2v) is 6.42. The summed E-state index contributed by atoms with van der Waals surface area (Å²) in [5.41, 5.74) is 3.44. The van der Waals surface area contributed by atoms with Gasteiger partial charge in [-0.15, -0.1) is 0 Å². The predicted molar refractivity (Wildman–Crippen MR) is 102 cm³/mol. The first-order chi connectivity index (χ1) is 12.7. The van der Waals surface area contributed by atoms with E-state index in [0.29, 0.717) is 11.5 Å². The van der Waals surface area contributed by atoms with Crippen molar-refractivity contribution in [2.45, 2.75) is 32.6 Å². The molecule has 0 radical (unpaired) electrons. The number of hydrogen-bond donors (Lipinski definition) is 1. The summed E-state index contributed by atoms with van der Waals surface area (Å²) in [7, 11) is 0. The largest absolute Gasteiger partial charge is 0.483 e. The number of nitrogens with zero attached hydrogens (tertiary/aromatic N) is 2. The van der Waals surface area contributed by atoms with E-state index in [9.17, 15) is 4.79 Å². The van der Waals surface area contributed by atoms with Gasteiger partial charge in [0.2, 0.25) is 0 Å². The Kier molecular flexibility index (Phi) is 6.30. The van der Waals surface area contributed by atoms with Gasteiger partial charge in [-0.3, -0.25) is 4.79 Å². The first kappa shape index (κ1) is 18.0. The fourth-order valence-corrected chi connectivity index (χ4v) is 2.93. The summed E-state index contributed by atoms with van der Waals surface area (Å²) in [6.45, 7) is 3.90. The van der Waals surface area contributed by atoms with Crippen molar-refractivity contribution in [2.75, 3.05) is 24.6 Å². The Bertz CT molecular complexity index is 746. The Balaban J connectivity index is 1.46. The first-order valence-electron chi connectivity index (χ1n) is 9.07. The summed E-state index contributed by atoms with van der Waals surface area (Å²) in [5.74, 6) is 1.86. The van der Waals surface area contributed by atoms with Gasteiger partial charge in [0, 0.05) is 19.2 Å². The highest BCUT2D eigenvalue weighted by Crippen LogP contribution is 2.21. The summed E-state index contributed by atoms with van der Waals surface area (Å²) >= 11 is 0. The van der Waals surface area contributed by atoms with Gasteiger partial charge in [-0.25, -0.2) is 5.43 Å². The number of nitrogens with one attached hydrogen (secondary N) is 1. The number of carbonyl (C=O) groups is 1. The van der Waals surface area contributed by atoms with E-state index in [2.05, 4.69) is 15.4 Å². The lowest BCUT2D eigenvalue weighted by Gasteiger charge is -2.18. The minimum Gasteiger partial charge on any atom is -0.483 e. The zero-order valence-corrected chi connectivity index (χ0v) is 15.1. The number of aryl methyl sites for hydroxylation is 1. The van der Waals surface area contributed by atoms with E-state index < -0.39 is 0 Å². The van der Waals surface area contributed by atoms with E-state index in [1.165, 1.54) is 31.9 Å². The maximum atomic E-state index is 11.8. The summed E-state index contributed by atoms with van der Waals surface area (Å²) in [4.78, 5) is 14.1. The van der Waals surface area contributed by atoms with Crippen molar-refractivity contribution in [1.82, 2.24) is 5.43 Å². The van der Waals surface area contributed by atoms with Gasteiger partial charge in [0.1, 0.15) is 11.5 Å². The normalized spacial score (nSPS) is 15.0. The van der Waals surface area contributed by atoms with Crippen molar-refractivity contribution in [3.8, 4) is 5.75 Å². The molecule has 0 bridgehead atoms. The standard InChI is InChI=1S/C20H25N3O3/c1-16-8-4-5-9-18(16)25-15-19(24)22-21-14-17-10-11-20(26-17)23-12-6-2-3-7-13-23/h4-5,8-11,14H,2-3,6-7,12-13,15H2,1H3,(H,22,24)/b21-14+. The second-order valence-electron chi connectivity index (χ2n) is 6.42. The molecule has 138 valence electrons. The molecule has 1 aliphatic rings. The zero-order chi connectivity index (χ0) is 18.2. The molecule has 6 heteroatoms. The Morgan fingerprint density at radius 2 is 1.96 bits per heavy atom. The predicted octanol–water partition coefficient (Wildman–Crippen LogP) is 3.50. The topological polar surface area (TPSA) is 67.1 Å². The maximum absolute atomic E-state index is 11.8. The van der Waals surface area contributed by atoms with Gasteiger partial charge in [0.05, 0.1) is 6.21 Å². The number of carbonyl (C=O) groups excluding carboxylic acids is 1. The molecule has 6 nitrogen and oxygen atoms in total. The lowest BCUT2D eigenvalue weighted by Crippen LogP contribution is -2.24. The highest BCUT2D eigenvalue weighted by molar-refractivity contribution is 5.81. The fourth-order valence-electron chi connectivity index (χ4n) is 2.93. The third kappa shape index (κ3) is 5.12. The molecular weight excluding hydrogens is 330 g/mol. The SMILES string of the molecule is Cc1ccccc1OCC(=O)N/N=C/c1ccc(N2CCCCCC2)o1. The quantitative estimate of drug-likeness (QED) is 0.636. The van der Waals surface area contributed by atoms with E-state index >= 15 is 0 Å². The van der Waals surface area contributed by atoms with Gasteiger partial charge in [-0.05, 0) is 37.5 Å². The van der Waals surface area contributed by atoms with Crippen LogP contribution in [0, 0.1) is 6.92 Å². The van der Waals surface area contributed by atoms with Crippen LogP contribution < -0.4 is 15.1 Å². The van der Waals surface area contributed by atoms with Crippen LogP contribution >= 0.6 is 0 Å². The number of furan rings is 1. The van der Waals surface area contributed by atoms with E-state index in [4.69, 9.17) is 9.15 Å². The average Bonchev–Trinajstić information content (AvgIpc) is 2.94. The number of rotatable bonds is 6. The van der Waals surface area contributed by atoms with Crippen molar-refractivity contribution in [3.05, 3.63) is 47.7 Å². The maximum Gasteiger partial charge on any atom is 0.277 e. The average molecular weight is 355 g/mol. The smallest absolute Gasteiger partial charge is 0.277 e. The lowest BCUT2D eigenvalue weighted by atomic mass is 10.2. The van der Waals surface area contributed by atoms with E-state index in [0.717, 1.165) is 24.5 Å².